The van der Waals surface area contributed by atoms with E-state index in [1.807, 2.05) is 6.07 Å². The molecule has 0 bridgehead atoms. The number of nitrogens with one attached hydrogen (secondary N) is 2. The second-order valence-electron chi connectivity index (χ2n) is 5.34. The maximum Gasteiger partial charge on any atom is 0.276 e. The minimum Gasteiger partial charge on any atom is -0.472 e. The van der Waals surface area contributed by atoms with Crippen molar-refractivity contribution >= 4 is 23.3 Å². The summed E-state index contributed by atoms with van der Waals surface area (Å²) in [6.07, 6.45) is 5.45. The molecule has 132 valence electrons. The van der Waals surface area contributed by atoms with Gasteiger partial charge in [-0.25, -0.2) is 15.0 Å². The summed E-state index contributed by atoms with van der Waals surface area (Å²) in [4.78, 5) is 24.5. The lowest BCUT2D eigenvalue weighted by molar-refractivity contribution is 0.102. The maximum atomic E-state index is 12.4. The van der Waals surface area contributed by atoms with Crippen LogP contribution in [0.5, 0.6) is 0 Å². The molecule has 3 aromatic heterocycles. The number of nitriles is 1. The van der Waals surface area contributed by atoms with E-state index in [4.69, 9.17) is 20.8 Å². The van der Waals surface area contributed by atoms with Gasteiger partial charge in [-0.3, -0.25) is 15.5 Å². The number of anilines is 2. The van der Waals surface area contributed by atoms with Gasteiger partial charge in [-0.05, 0) is 24.6 Å². The molecule has 0 atom stereocenters. The quantitative estimate of drug-likeness (QED) is 0.609. The molecule has 4 N–H and O–H groups in total. The molecule has 0 radical (unpaired) electrons. The number of carbonyl (C=O) groups is 1. The van der Waals surface area contributed by atoms with Crippen molar-refractivity contribution in [2.75, 3.05) is 11.1 Å². The molecule has 26 heavy (non-hydrogen) atoms. The van der Waals surface area contributed by atoms with Gasteiger partial charge in [0.05, 0.1) is 35.7 Å². The Morgan fingerprint density at radius 2 is 2.19 bits per heavy atom. The molecule has 3 heterocycles. The summed E-state index contributed by atoms with van der Waals surface area (Å²) >= 11 is 0. The van der Waals surface area contributed by atoms with Crippen molar-refractivity contribution < 1.29 is 12.1 Å². The molecule has 0 saturated heterocycles. The molecule has 3 rings (SSSR count). The Hall–Kier alpha value is -4.06. The number of nitrogen functional groups attached to an aromatic ring is 1. The minimum atomic E-state index is -0.530. The van der Waals surface area contributed by atoms with Gasteiger partial charge in [0.2, 0.25) is 5.95 Å². The van der Waals surface area contributed by atoms with Crippen LogP contribution < -0.4 is 11.1 Å². The zero-order chi connectivity index (χ0) is 18.7. The Kier molecular flexibility index (Phi) is 4.40. The van der Waals surface area contributed by atoms with Gasteiger partial charge in [-0.2, -0.15) is 5.26 Å². The standard InChI is InChI=1S/C17H13N7O2.2H2/c1-9-4-10(5-18)6-21-14(9)16(25)24-17-22-7-12(19)15(23-17)13(20)11-2-3-26-8-11;;/h2-4,6-8,20H,19H2,1H3,(H,22,23,24,25);2*1H. The lowest BCUT2D eigenvalue weighted by Gasteiger charge is -2.09. The van der Waals surface area contributed by atoms with E-state index in [1.54, 1.807) is 19.1 Å². The average molecular weight is 351 g/mol. The number of rotatable bonds is 4. The third-order valence-corrected chi connectivity index (χ3v) is 3.51. The minimum absolute atomic E-state index is 0. The van der Waals surface area contributed by atoms with E-state index in [0.717, 1.165) is 0 Å². The Labute approximate surface area is 151 Å². The molecule has 9 nitrogen and oxygen atoms in total. The first-order valence-corrected chi connectivity index (χ1v) is 7.41. The molecular formula is C17H17N7O2. The Morgan fingerprint density at radius 3 is 2.85 bits per heavy atom. The number of nitrogens with two attached hydrogens (primary N) is 1. The summed E-state index contributed by atoms with van der Waals surface area (Å²) in [7, 11) is 0. The van der Waals surface area contributed by atoms with E-state index in [0.29, 0.717) is 16.7 Å². The fourth-order valence-electron chi connectivity index (χ4n) is 2.23. The highest BCUT2D eigenvalue weighted by molar-refractivity contribution is 6.12. The van der Waals surface area contributed by atoms with E-state index >= 15 is 0 Å². The van der Waals surface area contributed by atoms with Crippen LogP contribution >= 0.6 is 0 Å². The first-order valence-electron chi connectivity index (χ1n) is 7.41. The van der Waals surface area contributed by atoms with Crippen molar-refractivity contribution in [2.45, 2.75) is 6.92 Å². The molecule has 0 saturated carbocycles. The van der Waals surface area contributed by atoms with Crippen molar-refractivity contribution in [1.82, 2.24) is 15.0 Å². The molecule has 0 aliphatic carbocycles. The number of hydrogen-bond acceptors (Lipinski definition) is 8. The smallest absolute Gasteiger partial charge is 0.276 e. The largest absolute Gasteiger partial charge is 0.472 e. The monoisotopic (exact) mass is 351 g/mol. The van der Waals surface area contributed by atoms with Gasteiger partial charge in [0.15, 0.2) is 0 Å². The first kappa shape index (κ1) is 16.8. The van der Waals surface area contributed by atoms with E-state index in [9.17, 15) is 4.79 Å². The fraction of sp³-hybridized carbons (Fsp3) is 0.0588. The highest BCUT2D eigenvalue weighted by Crippen LogP contribution is 2.16. The third kappa shape index (κ3) is 3.25. The summed E-state index contributed by atoms with van der Waals surface area (Å²) in [6, 6.07) is 5.12. The van der Waals surface area contributed by atoms with Crippen LogP contribution in [0.15, 0.2) is 41.5 Å². The van der Waals surface area contributed by atoms with Crippen molar-refractivity contribution in [3.63, 3.8) is 0 Å². The second-order valence-corrected chi connectivity index (χ2v) is 5.34. The summed E-state index contributed by atoms with van der Waals surface area (Å²) in [6.45, 7) is 1.67. The van der Waals surface area contributed by atoms with Crippen molar-refractivity contribution in [3.8, 4) is 6.07 Å². The van der Waals surface area contributed by atoms with Gasteiger partial charge in [0.1, 0.15) is 17.5 Å². The molecule has 1 amide bonds. The topological polar surface area (TPSA) is 155 Å². The predicted molar refractivity (Wildman–Crippen MR) is 97.0 cm³/mol. The molecule has 0 aromatic carbocycles. The highest BCUT2D eigenvalue weighted by atomic mass is 16.3. The summed E-state index contributed by atoms with van der Waals surface area (Å²) in [5, 5.41) is 19.6. The Morgan fingerprint density at radius 1 is 1.38 bits per heavy atom. The lowest BCUT2D eigenvalue weighted by atomic mass is 10.1. The van der Waals surface area contributed by atoms with Crippen molar-refractivity contribution in [2.24, 2.45) is 0 Å². The lowest BCUT2D eigenvalue weighted by Crippen LogP contribution is -2.19. The number of hydrogen-bond donors (Lipinski definition) is 3. The van der Waals surface area contributed by atoms with Crippen LogP contribution in [0.4, 0.5) is 11.6 Å². The van der Waals surface area contributed by atoms with Crippen LogP contribution in [0.3, 0.4) is 0 Å². The molecule has 0 unspecified atom stereocenters. The van der Waals surface area contributed by atoms with E-state index < -0.39 is 5.91 Å². The van der Waals surface area contributed by atoms with Crippen LogP contribution in [0.25, 0.3) is 0 Å². The molecule has 0 aliphatic rings. The number of aromatic nitrogens is 3. The van der Waals surface area contributed by atoms with Gasteiger partial charge in [0.25, 0.3) is 5.91 Å². The van der Waals surface area contributed by atoms with Crippen LogP contribution in [-0.4, -0.2) is 26.6 Å². The van der Waals surface area contributed by atoms with Gasteiger partial charge in [0, 0.05) is 14.6 Å². The molecule has 0 aliphatic heterocycles. The number of carbonyl (C=O) groups excluding carboxylic acids is 1. The van der Waals surface area contributed by atoms with Gasteiger partial charge >= 0.3 is 0 Å². The fourth-order valence-corrected chi connectivity index (χ4v) is 2.23. The van der Waals surface area contributed by atoms with Crippen molar-refractivity contribution in [3.05, 3.63) is 65.1 Å². The normalized spacial score (nSPS) is 10.2. The van der Waals surface area contributed by atoms with E-state index in [1.165, 1.54) is 24.9 Å². The second kappa shape index (κ2) is 6.82. The third-order valence-electron chi connectivity index (χ3n) is 3.51. The number of amides is 1. The van der Waals surface area contributed by atoms with Gasteiger partial charge in [-0.1, -0.05) is 0 Å². The SMILES string of the molecule is Cc1cc(C#N)cnc1C(=O)Nc1ncc(N)c(C(=N)c2ccoc2)n1.[HH].[HH]. The van der Waals surface area contributed by atoms with E-state index in [-0.39, 0.29) is 31.6 Å². The van der Waals surface area contributed by atoms with Crippen LogP contribution in [0.2, 0.25) is 0 Å². The Bertz CT molecular complexity index is 1050. The van der Waals surface area contributed by atoms with Crippen molar-refractivity contribution in [1.29, 1.82) is 10.7 Å². The number of aryl methyl sites for hydroxylation is 1. The first-order chi connectivity index (χ1) is 12.5. The number of pyridine rings is 1. The van der Waals surface area contributed by atoms with Crippen LogP contribution in [0.1, 0.15) is 35.7 Å². The highest BCUT2D eigenvalue weighted by Gasteiger charge is 2.16. The predicted octanol–water partition coefficient (Wildman–Crippen LogP) is 2.39. The molecule has 0 spiro atoms. The molecular weight excluding hydrogens is 334 g/mol. The molecule has 3 aromatic rings. The van der Waals surface area contributed by atoms with E-state index in [2.05, 4.69) is 20.3 Å². The number of furan rings is 1. The molecule has 0 fully saturated rings. The van der Waals surface area contributed by atoms with Crippen LogP contribution in [-0.2, 0) is 0 Å². The summed E-state index contributed by atoms with van der Waals surface area (Å²) in [5.41, 5.74) is 7.80. The summed E-state index contributed by atoms with van der Waals surface area (Å²) in [5.74, 6) is -0.546. The zero-order valence-corrected chi connectivity index (χ0v) is 13.6. The van der Waals surface area contributed by atoms with Gasteiger partial charge < -0.3 is 10.2 Å². The maximum absolute atomic E-state index is 12.4. The summed E-state index contributed by atoms with van der Waals surface area (Å²) < 4.78 is 4.96. The molecule has 9 heteroatoms. The van der Waals surface area contributed by atoms with Crippen LogP contribution in [0, 0.1) is 23.7 Å². The average Bonchev–Trinajstić information content (AvgIpc) is 3.17. The zero-order valence-electron chi connectivity index (χ0n) is 13.6. The Balaban J connectivity index is 0.00000196. The van der Waals surface area contributed by atoms with Gasteiger partial charge in [-0.15, -0.1) is 0 Å². The number of nitrogens with zero attached hydrogens (tertiary/aromatic N) is 4.